The van der Waals surface area contributed by atoms with Crippen LogP contribution < -0.4 is 0 Å². The van der Waals surface area contributed by atoms with Crippen LogP contribution in [-0.2, 0) is 20.7 Å². The Labute approximate surface area is 274 Å². The second-order valence-electron chi connectivity index (χ2n) is 14.3. The highest BCUT2D eigenvalue weighted by atomic mass is 16.5. The van der Waals surface area contributed by atoms with E-state index in [1.807, 2.05) is 0 Å². The number of hydrogen-bond donors (Lipinski definition) is 0. The van der Waals surface area contributed by atoms with Crippen LogP contribution in [-0.4, -0.2) is 12.2 Å². The maximum Gasteiger partial charge on any atom is 0.138 e. The molecule has 0 aromatic heterocycles. The minimum Gasteiger partial charge on any atom is -0.358 e. The molecular formula is C44H44O2. The molecule has 46 heavy (non-hydrogen) atoms. The zero-order valence-electron chi connectivity index (χ0n) is 27.2. The number of rotatable bonds is 5. The molecular weight excluding hydrogens is 560 g/mol. The van der Waals surface area contributed by atoms with E-state index >= 15 is 0 Å². The van der Waals surface area contributed by atoms with Crippen LogP contribution in [0.25, 0.3) is 22.3 Å². The zero-order chi connectivity index (χ0) is 30.9. The summed E-state index contributed by atoms with van der Waals surface area (Å²) in [6.07, 6.45) is 14.8. The van der Waals surface area contributed by atoms with Crippen molar-refractivity contribution in [2.24, 2.45) is 11.8 Å². The SMILES string of the molecule is CCCC1C(CC2=CC3(OC4CCCCC24)c2ccccc2-c2ccccc23)=CC2(OC1CC)c1ccccc1-c1ccccc12. The van der Waals surface area contributed by atoms with Crippen LogP contribution in [0.2, 0.25) is 0 Å². The lowest BCUT2D eigenvalue weighted by atomic mass is 9.70. The molecule has 2 nitrogen and oxygen atoms in total. The summed E-state index contributed by atoms with van der Waals surface area (Å²) in [6.45, 7) is 4.66. The Balaban J connectivity index is 1.24. The summed E-state index contributed by atoms with van der Waals surface area (Å²) in [4.78, 5) is 0. The maximum absolute atomic E-state index is 7.39. The van der Waals surface area contributed by atoms with Gasteiger partial charge in [-0.05, 0) is 66.5 Å². The third-order valence-corrected chi connectivity index (χ3v) is 11.9. The highest BCUT2D eigenvalue weighted by Crippen LogP contribution is 2.58. The van der Waals surface area contributed by atoms with Crippen molar-refractivity contribution in [3.63, 3.8) is 0 Å². The molecule has 2 heteroatoms. The molecule has 1 saturated carbocycles. The largest absolute Gasteiger partial charge is 0.358 e. The standard InChI is InChI=1S/C44H44O2/c1-3-15-31-29(27-43(45-41(31)4-2)37-21-10-5-17-33(37)34-18-6-11-22-38(34)43)26-30-28-44(46-42-25-14-9-16-32(30)42)39-23-12-7-19-35(39)36-20-8-13-24-40(36)44/h5-8,10-13,17-24,27-28,31-32,41-42H,3-4,9,14-16,25-26H2,1-2H3. The molecule has 2 spiro atoms. The van der Waals surface area contributed by atoms with Crippen LogP contribution in [0.5, 0.6) is 0 Å². The first kappa shape index (κ1) is 28.5. The Hall–Kier alpha value is -3.72. The second kappa shape index (κ2) is 10.9. The Kier molecular flexibility index (Phi) is 6.77. The van der Waals surface area contributed by atoms with Gasteiger partial charge in [0.25, 0.3) is 0 Å². The summed E-state index contributed by atoms with van der Waals surface area (Å²) in [5.41, 5.74) is 12.6. The van der Waals surface area contributed by atoms with E-state index in [4.69, 9.17) is 9.47 Å². The summed E-state index contributed by atoms with van der Waals surface area (Å²) in [6, 6.07) is 35.8. The fraction of sp³-hybridized carbons (Fsp3) is 0.364. The first-order valence-corrected chi connectivity index (χ1v) is 17.8. The van der Waals surface area contributed by atoms with Crippen LogP contribution in [0.1, 0.15) is 87.5 Å². The Morgan fingerprint density at radius 2 is 1.07 bits per heavy atom. The Morgan fingerprint density at radius 1 is 0.587 bits per heavy atom. The lowest BCUT2D eigenvalue weighted by Gasteiger charge is -2.47. The molecule has 4 atom stereocenters. The predicted molar refractivity (Wildman–Crippen MR) is 186 cm³/mol. The molecule has 232 valence electrons. The van der Waals surface area contributed by atoms with Gasteiger partial charge in [0.05, 0.1) is 12.2 Å². The molecule has 0 N–H and O–H groups in total. The van der Waals surface area contributed by atoms with Crippen molar-refractivity contribution in [3.05, 3.63) is 143 Å². The third-order valence-electron chi connectivity index (χ3n) is 11.9. The molecule has 4 aromatic carbocycles. The average Bonchev–Trinajstić information content (AvgIpc) is 3.53. The first-order chi connectivity index (χ1) is 22.7. The molecule has 9 rings (SSSR count). The van der Waals surface area contributed by atoms with E-state index < -0.39 is 11.2 Å². The van der Waals surface area contributed by atoms with E-state index in [2.05, 4.69) is 123 Å². The molecule has 0 amide bonds. The van der Waals surface area contributed by atoms with Crippen molar-refractivity contribution in [1.29, 1.82) is 0 Å². The molecule has 2 heterocycles. The Morgan fingerprint density at radius 3 is 1.59 bits per heavy atom. The molecule has 4 aromatic rings. The van der Waals surface area contributed by atoms with Crippen LogP contribution in [0.4, 0.5) is 0 Å². The highest BCUT2D eigenvalue weighted by molar-refractivity contribution is 5.83. The van der Waals surface area contributed by atoms with Crippen molar-refractivity contribution in [1.82, 2.24) is 0 Å². The van der Waals surface area contributed by atoms with Gasteiger partial charge in [-0.15, -0.1) is 0 Å². The van der Waals surface area contributed by atoms with Gasteiger partial charge < -0.3 is 9.47 Å². The number of ether oxygens (including phenoxy) is 2. The molecule has 1 fully saturated rings. The van der Waals surface area contributed by atoms with E-state index in [0.29, 0.717) is 11.8 Å². The number of fused-ring (bicyclic) bond motifs is 11. The van der Waals surface area contributed by atoms with Crippen molar-refractivity contribution < 1.29 is 9.47 Å². The van der Waals surface area contributed by atoms with Gasteiger partial charge in [-0.1, -0.05) is 141 Å². The molecule has 5 aliphatic rings. The van der Waals surface area contributed by atoms with Crippen molar-refractivity contribution in [2.75, 3.05) is 0 Å². The molecule has 2 aliphatic heterocycles. The number of hydrogen-bond acceptors (Lipinski definition) is 2. The summed E-state index contributed by atoms with van der Waals surface area (Å²) in [5, 5.41) is 0. The van der Waals surface area contributed by atoms with E-state index in [0.717, 1.165) is 32.1 Å². The smallest absolute Gasteiger partial charge is 0.138 e. The van der Waals surface area contributed by atoms with Crippen molar-refractivity contribution in [3.8, 4) is 22.3 Å². The van der Waals surface area contributed by atoms with E-state index in [-0.39, 0.29) is 12.2 Å². The lowest BCUT2D eigenvalue weighted by molar-refractivity contribution is -0.0904. The first-order valence-electron chi connectivity index (χ1n) is 17.8. The molecule has 0 radical (unpaired) electrons. The topological polar surface area (TPSA) is 18.5 Å². The van der Waals surface area contributed by atoms with Crippen LogP contribution in [0, 0.1) is 11.8 Å². The molecule has 0 saturated heterocycles. The monoisotopic (exact) mass is 604 g/mol. The van der Waals surface area contributed by atoms with Crippen molar-refractivity contribution >= 4 is 0 Å². The lowest BCUT2D eigenvalue weighted by Crippen LogP contribution is -2.44. The zero-order valence-corrected chi connectivity index (χ0v) is 27.2. The summed E-state index contributed by atoms with van der Waals surface area (Å²) in [7, 11) is 0. The van der Waals surface area contributed by atoms with Gasteiger partial charge in [-0.2, -0.15) is 0 Å². The van der Waals surface area contributed by atoms with Gasteiger partial charge in [0.2, 0.25) is 0 Å². The average molecular weight is 605 g/mol. The Bertz CT molecular complexity index is 1790. The van der Waals surface area contributed by atoms with E-state index in [1.165, 1.54) is 63.8 Å². The van der Waals surface area contributed by atoms with Gasteiger partial charge in [0.1, 0.15) is 11.2 Å². The van der Waals surface area contributed by atoms with E-state index in [1.54, 1.807) is 11.1 Å². The summed E-state index contributed by atoms with van der Waals surface area (Å²) >= 11 is 0. The van der Waals surface area contributed by atoms with Crippen LogP contribution in [0.3, 0.4) is 0 Å². The minimum atomic E-state index is -0.546. The quantitative estimate of drug-likeness (QED) is 0.211. The fourth-order valence-corrected chi connectivity index (χ4v) is 9.94. The third kappa shape index (κ3) is 4.02. The minimum absolute atomic E-state index is 0.170. The van der Waals surface area contributed by atoms with Gasteiger partial charge in [-0.3, -0.25) is 0 Å². The van der Waals surface area contributed by atoms with Crippen LogP contribution in [0.15, 0.2) is 120 Å². The summed E-state index contributed by atoms with van der Waals surface area (Å²) in [5.74, 6) is 0.870. The van der Waals surface area contributed by atoms with Gasteiger partial charge >= 0.3 is 0 Å². The highest BCUT2D eigenvalue weighted by Gasteiger charge is 2.52. The second-order valence-corrected chi connectivity index (χ2v) is 14.3. The molecule has 4 unspecified atom stereocenters. The normalized spacial score (nSPS) is 26.0. The predicted octanol–water partition coefficient (Wildman–Crippen LogP) is 10.9. The summed E-state index contributed by atoms with van der Waals surface area (Å²) < 4.78 is 14.8. The number of benzene rings is 4. The van der Waals surface area contributed by atoms with Crippen LogP contribution >= 0.6 is 0 Å². The molecule has 3 aliphatic carbocycles. The van der Waals surface area contributed by atoms with E-state index in [9.17, 15) is 0 Å². The van der Waals surface area contributed by atoms with Gasteiger partial charge in [-0.25, -0.2) is 0 Å². The van der Waals surface area contributed by atoms with Gasteiger partial charge in [0.15, 0.2) is 0 Å². The van der Waals surface area contributed by atoms with Gasteiger partial charge in [0, 0.05) is 34.1 Å². The fourth-order valence-electron chi connectivity index (χ4n) is 9.94. The molecule has 0 bridgehead atoms. The maximum atomic E-state index is 7.39. The van der Waals surface area contributed by atoms with Crippen molar-refractivity contribution in [2.45, 2.75) is 88.6 Å².